The second-order valence-electron chi connectivity index (χ2n) is 4.78. The molecule has 0 amide bonds. The quantitative estimate of drug-likeness (QED) is 0.882. The molecule has 0 bridgehead atoms. The first-order chi connectivity index (χ1) is 9.11. The van der Waals surface area contributed by atoms with Crippen LogP contribution in [0, 0.1) is 6.92 Å². The minimum Gasteiger partial charge on any atom is -0.478 e. The van der Waals surface area contributed by atoms with Crippen LogP contribution in [0.3, 0.4) is 0 Å². The second kappa shape index (κ2) is 5.70. The normalized spacial score (nSPS) is 10.4. The van der Waals surface area contributed by atoms with Crippen molar-refractivity contribution in [2.75, 3.05) is 0 Å². The standard InChI is InChI=1S/C17H18O2/c1-3-4-13-6-9-14(10-7-13)16-11-15(17(18)19)8-5-12(16)2/h5-11H,3-4H2,1-2H3,(H,18,19). The fourth-order valence-corrected chi connectivity index (χ4v) is 2.21. The number of hydrogen-bond donors (Lipinski definition) is 1. The average Bonchev–Trinajstić information content (AvgIpc) is 2.40. The molecule has 0 saturated heterocycles. The Morgan fingerprint density at radius 3 is 2.37 bits per heavy atom. The van der Waals surface area contributed by atoms with Crippen LogP contribution >= 0.6 is 0 Å². The molecule has 2 aromatic rings. The minimum absolute atomic E-state index is 0.332. The molecule has 0 aromatic heterocycles. The molecule has 19 heavy (non-hydrogen) atoms. The van der Waals surface area contributed by atoms with Crippen LogP contribution in [0.1, 0.15) is 34.8 Å². The Bertz CT molecular complexity index is 583. The van der Waals surface area contributed by atoms with Crippen LogP contribution in [0.2, 0.25) is 0 Å². The van der Waals surface area contributed by atoms with Gasteiger partial charge in [0.25, 0.3) is 0 Å². The van der Waals surface area contributed by atoms with Crippen LogP contribution in [-0.4, -0.2) is 11.1 Å². The largest absolute Gasteiger partial charge is 0.478 e. The van der Waals surface area contributed by atoms with Crippen molar-refractivity contribution in [2.45, 2.75) is 26.7 Å². The molecular weight excluding hydrogens is 236 g/mol. The highest BCUT2D eigenvalue weighted by molar-refractivity contribution is 5.89. The van der Waals surface area contributed by atoms with Crippen molar-refractivity contribution in [3.8, 4) is 11.1 Å². The predicted octanol–water partition coefficient (Wildman–Crippen LogP) is 4.31. The van der Waals surface area contributed by atoms with E-state index in [9.17, 15) is 4.79 Å². The molecule has 0 aliphatic rings. The van der Waals surface area contributed by atoms with Gasteiger partial charge in [0.15, 0.2) is 0 Å². The van der Waals surface area contributed by atoms with E-state index in [1.165, 1.54) is 5.56 Å². The van der Waals surface area contributed by atoms with E-state index in [4.69, 9.17) is 5.11 Å². The Morgan fingerprint density at radius 2 is 1.79 bits per heavy atom. The molecular formula is C17H18O2. The fourth-order valence-electron chi connectivity index (χ4n) is 2.21. The third kappa shape index (κ3) is 3.02. The molecule has 0 atom stereocenters. The number of aryl methyl sites for hydroxylation is 2. The van der Waals surface area contributed by atoms with E-state index in [1.807, 2.05) is 13.0 Å². The molecule has 2 aromatic carbocycles. The van der Waals surface area contributed by atoms with Crippen LogP contribution in [0.4, 0.5) is 0 Å². The van der Waals surface area contributed by atoms with Crippen molar-refractivity contribution in [3.63, 3.8) is 0 Å². The summed E-state index contributed by atoms with van der Waals surface area (Å²) in [6.45, 7) is 4.16. The van der Waals surface area contributed by atoms with Crippen LogP contribution in [0.25, 0.3) is 11.1 Å². The monoisotopic (exact) mass is 254 g/mol. The summed E-state index contributed by atoms with van der Waals surface area (Å²) in [6, 6.07) is 13.6. The maximum absolute atomic E-state index is 11.0. The summed E-state index contributed by atoms with van der Waals surface area (Å²) < 4.78 is 0. The molecule has 0 aliphatic heterocycles. The molecule has 2 nitrogen and oxygen atoms in total. The number of hydrogen-bond acceptors (Lipinski definition) is 1. The SMILES string of the molecule is CCCc1ccc(-c2cc(C(=O)O)ccc2C)cc1. The number of carboxylic acid groups (broad SMARTS) is 1. The molecule has 2 heteroatoms. The lowest BCUT2D eigenvalue weighted by atomic mass is 9.96. The Balaban J connectivity index is 2.40. The van der Waals surface area contributed by atoms with E-state index in [0.29, 0.717) is 5.56 Å². The lowest BCUT2D eigenvalue weighted by molar-refractivity contribution is 0.0697. The van der Waals surface area contributed by atoms with E-state index >= 15 is 0 Å². The molecule has 1 N–H and O–H groups in total. The van der Waals surface area contributed by atoms with Gasteiger partial charge in [0.2, 0.25) is 0 Å². The highest BCUT2D eigenvalue weighted by Gasteiger charge is 2.07. The zero-order chi connectivity index (χ0) is 13.8. The second-order valence-corrected chi connectivity index (χ2v) is 4.78. The molecule has 0 aliphatic carbocycles. The van der Waals surface area contributed by atoms with Crippen LogP contribution in [0.15, 0.2) is 42.5 Å². The molecule has 0 saturated carbocycles. The number of aromatic carboxylic acids is 1. The van der Waals surface area contributed by atoms with Crippen molar-refractivity contribution < 1.29 is 9.90 Å². The lowest BCUT2D eigenvalue weighted by Gasteiger charge is -2.08. The molecule has 0 unspecified atom stereocenters. The third-order valence-corrected chi connectivity index (χ3v) is 3.29. The Morgan fingerprint density at radius 1 is 1.11 bits per heavy atom. The van der Waals surface area contributed by atoms with Gasteiger partial charge in [-0.25, -0.2) is 4.79 Å². The summed E-state index contributed by atoms with van der Waals surface area (Å²) in [6.07, 6.45) is 2.21. The van der Waals surface area contributed by atoms with Gasteiger partial charge < -0.3 is 5.11 Å². The van der Waals surface area contributed by atoms with E-state index < -0.39 is 5.97 Å². The van der Waals surface area contributed by atoms with E-state index in [-0.39, 0.29) is 0 Å². The maximum atomic E-state index is 11.0. The summed E-state index contributed by atoms with van der Waals surface area (Å²) in [5.41, 5.74) is 4.80. The van der Waals surface area contributed by atoms with Gasteiger partial charge in [-0.1, -0.05) is 43.7 Å². The van der Waals surface area contributed by atoms with Gasteiger partial charge in [0.1, 0.15) is 0 Å². The predicted molar refractivity (Wildman–Crippen MR) is 77.6 cm³/mol. The van der Waals surface area contributed by atoms with Crippen LogP contribution in [0.5, 0.6) is 0 Å². The van der Waals surface area contributed by atoms with Crippen molar-refractivity contribution in [1.29, 1.82) is 0 Å². The smallest absolute Gasteiger partial charge is 0.335 e. The van der Waals surface area contributed by atoms with Gasteiger partial charge in [-0.2, -0.15) is 0 Å². The lowest BCUT2D eigenvalue weighted by Crippen LogP contribution is -1.97. The molecule has 0 radical (unpaired) electrons. The highest BCUT2D eigenvalue weighted by Crippen LogP contribution is 2.25. The van der Waals surface area contributed by atoms with Crippen molar-refractivity contribution in [3.05, 3.63) is 59.2 Å². The van der Waals surface area contributed by atoms with Crippen molar-refractivity contribution in [1.82, 2.24) is 0 Å². The maximum Gasteiger partial charge on any atom is 0.335 e. The molecule has 0 heterocycles. The van der Waals surface area contributed by atoms with Gasteiger partial charge >= 0.3 is 5.97 Å². The number of rotatable bonds is 4. The van der Waals surface area contributed by atoms with Gasteiger partial charge in [0.05, 0.1) is 5.56 Å². The zero-order valence-corrected chi connectivity index (χ0v) is 11.3. The zero-order valence-electron chi connectivity index (χ0n) is 11.3. The summed E-state index contributed by atoms with van der Waals surface area (Å²) in [4.78, 5) is 11.0. The average molecular weight is 254 g/mol. The van der Waals surface area contributed by atoms with E-state index in [2.05, 4.69) is 31.2 Å². The van der Waals surface area contributed by atoms with Crippen molar-refractivity contribution in [2.24, 2.45) is 0 Å². The highest BCUT2D eigenvalue weighted by atomic mass is 16.4. The summed E-state index contributed by atoms with van der Waals surface area (Å²) in [5.74, 6) is -0.885. The Kier molecular flexibility index (Phi) is 4.00. The summed E-state index contributed by atoms with van der Waals surface area (Å²) in [7, 11) is 0. The van der Waals surface area contributed by atoms with Crippen LogP contribution < -0.4 is 0 Å². The molecule has 98 valence electrons. The Labute approximate surface area is 113 Å². The van der Waals surface area contributed by atoms with Gasteiger partial charge in [-0.3, -0.25) is 0 Å². The van der Waals surface area contributed by atoms with Gasteiger partial charge in [-0.05, 0) is 47.7 Å². The third-order valence-electron chi connectivity index (χ3n) is 3.29. The van der Waals surface area contributed by atoms with Gasteiger partial charge in [0, 0.05) is 0 Å². The first kappa shape index (κ1) is 13.3. The number of benzene rings is 2. The first-order valence-corrected chi connectivity index (χ1v) is 6.55. The molecule has 0 spiro atoms. The van der Waals surface area contributed by atoms with E-state index in [1.54, 1.807) is 12.1 Å². The summed E-state index contributed by atoms with van der Waals surface area (Å²) >= 11 is 0. The first-order valence-electron chi connectivity index (χ1n) is 6.55. The fraction of sp³-hybridized carbons (Fsp3) is 0.235. The van der Waals surface area contributed by atoms with E-state index in [0.717, 1.165) is 29.5 Å². The minimum atomic E-state index is -0.885. The van der Waals surface area contributed by atoms with Gasteiger partial charge in [-0.15, -0.1) is 0 Å². The number of carboxylic acids is 1. The molecule has 2 rings (SSSR count). The van der Waals surface area contributed by atoms with Crippen molar-refractivity contribution >= 4 is 5.97 Å². The topological polar surface area (TPSA) is 37.3 Å². The van der Waals surface area contributed by atoms with Crippen LogP contribution in [-0.2, 0) is 6.42 Å². The number of carbonyl (C=O) groups is 1. The Hall–Kier alpha value is -2.09. The summed E-state index contributed by atoms with van der Waals surface area (Å²) in [5, 5.41) is 9.06. The molecule has 0 fully saturated rings.